The summed E-state index contributed by atoms with van der Waals surface area (Å²) in [5, 5.41) is 17.2. The number of carbonyl (C=O) groups excluding carboxylic acids is 1. The van der Waals surface area contributed by atoms with Gasteiger partial charge in [0.05, 0.1) is 18.8 Å². The van der Waals surface area contributed by atoms with Gasteiger partial charge in [-0.3, -0.25) is 4.79 Å². The van der Waals surface area contributed by atoms with Crippen molar-refractivity contribution in [2.45, 2.75) is 37.2 Å². The van der Waals surface area contributed by atoms with Crippen LogP contribution < -0.4 is 10.1 Å². The molecule has 4 nitrogen and oxygen atoms in total. The van der Waals surface area contributed by atoms with E-state index in [1.807, 2.05) is 12.1 Å². The quantitative estimate of drug-likeness (QED) is 0.874. The lowest BCUT2D eigenvalue weighted by Crippen LogP contribution is -2.44. The van der Waals surface area contributed by atoms with Crippen LogP contribution in [0.1, 0.15) is 41.6 Å². The molecule has 0 bridgehead atoms. The van der Waals surface area contributed by atoms with Crippen LogP contribution in [-0.4, -0.2) is 30.8 Å². The molecule has 1 amide bonds. The van der Waals surface area contributed by atoms with Crippen LogP contribution >= 0.6 is 11.3 Å². The molecule has 2 N–H and O–H groups in total. The van der Waals surface area contributed by atoms with Crippen LogP contribution in [0.25, 0.3) is 0 Å². The summed E-state index contributed by atoms with van der Waals surface area (Å²) in [6.07, 6.45) is 3.11. The SMILES string of the molecule is COc1ccccc1C(=O)NC[C@]1(c2ccsc2)CC[C@H](O)CC1. The van der Waals surface area contributed by atoms with E-state index >= 15 is 0 Å². The van der Waals surface area contributed by atoms with Gasteiger partial charge in [0.1, 0.15) is 5.75 Å². The number of aliphatic hydroxyl groups is 1. The molecule has 1 aliphatic carbocycles. The molecule has 0 aliphatic heterocycles. The van der Waals surface area contributed by atoms with Crippen LogP contribution in [0.15, 0.2) is 41.1 Å². The van der Waals surface area contributed by atoms with Crippen molar-refractivity contribution in [3.63, 3.8) is 0 Å². The molecule has 24 heavy (non-hydrogen) atoms. The Morgan fingerprint density at radius 3 is 2.75 bits per heavy atom. The average Bonchev–Trinajstić information content (AvgIpc) is 3.16. The number of carbonyl (C=O) groups is 1. The largest absolute Gasteiger partial charge is 0.496 e. The van der Waals surface area contributed by atoms with E-state index in [1.165, 1.54) is 5.56 Å². The Labute approximate surface area is 146 Å². The molecule has 1 fully saturated rings. The van der Waals surface area contributed by atoms with E-state index in [0.717, 1.165) is 25.7 Å². The molecule has 3 rings (SSSR count). The lowest BCUT2D eigenvalue weighted by Gasteiger charge is -2.39. The molecule has 2 aromatic rings. The molecule has 1 aliphatic rings. The summed E-state index contributed by atoms with van der Waals surface area (Å²) in [5.74, 6) is 0.465. The Morgan fingerprint density at radius 2 is 2.08 bits per heavy atom. The first-order chi connectivity index (χ1) is 11.6. The molecule has 1 saturated carbocycles. The molecule has 128 valence electrons. The zero-order chi connectivity index (χ0) is 17.0. The highest BCUT2D eigenvalue weighted by molar-refractivity contribution is 7.08. The third-order valence-corrected chi connectivity index (χ3v) is 5.67. The maximum Gasteiger partial charge on any atom is 0.255 e. The first-order valence-electron chi connectivity index (χ1n) is 8.26. The van der Waals surface area contributed by atoms with Gasteiger partial charge < -0.3 is 15.2 Å². The number of hydrogen-bond acceptors (Lipinski definition) is 4. The molecule has 0 saturated heterocycles. The van der Waals surface area contributed by atoms with E-state index in [0.29, 0.717) is 17.9 Å². The van der Waals surface area contributed by atoms with E-state index in [2.05, 4.69) is 22.1 Å². The van der Waals surface area contributed by atoms with Crippen molar-refractivity contribution < 1.29 is 14.6 Å². The van der Waals surface area contributed by atoms with Gasteiger partial charge in [-0.05, 0) is 60.2 Å². The minimum Gasteiger partial charge on any atom is -0.496 e. The second-order valence-electron chi connectivity index (χ2n) is 6.41. The summed E-state index contributed by atoms with van der Waals surface area (Å²) in [7, 11) is 1.57. The van der Waals surface area contributed by atoms with Gasteiger partial charge in [0.25, 0.3) is 5.91 Å². The molecule has 0 unspecified atom stereocenters. The predicted octanol–water partition coefficient (Wildman–Crippen LogP) is 3.36. The van der Waals surface area contributed by atoms with Crippen molar-refractivity contribution in [2.24, 2.45) is 0 Å². The molecule has 0 radical (unpaired) electrons. The van der Waals surface area contributed by atoms with Gasteiger partial charge in [-0.2, -0.15) is 11.3 Å². The molecule has 1 aromatic heterocycles. The van der Waals surface area contributed by atoms with Gasteiger partial charge >= 0.3 is 0 Å². The van der Waals surface area contributed by atoms with Crippen LogP contribution in [0.5, 0.6) is 5.75 Å². The Kier molecular flexibility index (Phi) is 5.21. The number of nitrogens with one attached hydrogen (secondary N) is 1. The van der Waals surface area contributed by atoms with Gasteiger partial charge in [0.15, 0.2) is 0 Å². The summed E-state index contributed by atoms with van der Waals surface area (Å²) in [6.45, 7) is 0.577. The average molecular weight is 345 g/mol. The van der Waals surface area contributed by atoms with E-state index < -0.39 is 0 Å². The number of benzene rings is 1. The summed E-state index contributed by atoms with van der Waals surface area (Å²) < 4.78 is 5.28. The van der Waals surface area contributed by atoms with Gasteiger partial charge in [0, 0.05) is 12.0 Å². The van der Waals surface area contributed by atoms with E-state index in [-0.39, 0.29) is 17.4 Å². The van der Waals surface area contributed by atoms with Crippen molar-refractivity contribution in [1.82, 2.24) is 5.32 Å². The number of rotatable bonds is 5. The Bertz CT molecular complexity index is 676. The van der Waals surface area contributed by atoms with Crippen molar-refractivity contribution >= 4 is 17.2 Å². The first-order valence-corrected chi connectivity index (χ1v) is 9.21. The van der Waals surface area contributed by atoms with Gasteiger partial charge in [-0.15, -0.1) is 0 Å². The van der Waals surface area contributed by atoms with Crippen molar-refractivity contribution in [2.75, 3.05) is 13.7 Å². The highest BCUT2D eigenvalue weighted by atomic mass is 32.1. The molecular weight excluding hydrogens is 322 g/mol. The first kappa shape index (κ1) is 17.0. The van der Waals surface area contributed by atoms with E-state index in [1.54, 1.807) is 30.6 Å². The van der Waals surface area contributed by atoms with E-state index in [9.17, 15) is 9.90 Å². The summed E-state index contributed by atoms with van der Waals surface area (Å²) in [4.78, 5) is 12.6. The number of methoxy groups -OCH3 is 1. The zero-order valence-corrected chi connectivity index (χ0v) is 14.6. The third kappa shape index (κ3) is 3.47. The topological polar surface area (TPSA) is 58.6 Å². The molecule has 0 spiro atoms. The Morgan fingerprint density at radius 1 is 1.33 bits per heavy atom. The highest BCUT2D eigenvalue weighted by Crippen LogP contribution is 2.40. The Hall–Kier alpha value is -1.85. The summed E-state index contributed by atoms with van der Waals surface area (Å²) in [6, 6.07) is 9.39. The van der Waals surface area contributed by atoms with Crippen LogP contribution in [0.3, 0.4) is 0 Å². The number of thiophene rings is 1. The van der Waals surface area contributed by atoms with Gasteiger partial charge in [-0.25, -0.2) is 0 Å². The predicted molar refractivity (Wildman–Crippen MR) is 95.8 cm³/mol. The van der Waals surface area contributed by atoms with E-state index in [4.69, 9.17) is 4.74 Å². The lowest BCUT2D eigenvalue weighted by atomic mass is 9.69. The van der Waals surface area contributed by atoms with Crippen LogP contribution in [0.2, 0.25) is 0 Å². The summed E-state index contributed by atoms with van der Waals surface area (Å²) >= 11 is 1.67. The monoisotopic (exact) mass is 345 g/mol. The number of hydrogen-bond donors (Lipinski definition) is 2. The highest BCUT2D eigenvalue weighted by Gasteiger charge is 2.37. The van der Waals surface area contributed by atoms with Crippen molar-refractivity contribution in [3.8, 4) is 5.75 Å². The minimum absolute atomic E-state index is 0.0864. The normalized spacial score (nSPS) is 23.7. The smallest absolute Gasteiger partial charge is 0.255 e. The maximum absolute atomic E-state index is 12.6. The molecular formula is C19H23NO3S. The van der Waals surface area contributed by atoms with Crippen LogP contribution in [0.4, 0.5) is 0 Å². The standard InChI is InChI=1S/C19H23NO3S/c1-23-17-5-3-2-4-16(17)18(22)20-13-19(14-8-11-24-12-14)9-6-15(21)7-10-19/h2-5,8,11-12,15,21H,6-7,9-10,13H2,1H3,(H,20,22)/t15-,19-. The second kappa shape index (κ2) is 7.36. The number of ether oxygens (including phenoxy) is 1. The Balaban J connectivity index is 1.76. The molecule has 1 heterocycles. The fraction of sp³-hybridized carbons (Fsp3) is 0.421. The molecule has 1 aromatic carbocycles. The molecule has 5 heteroatoms. The van der Waals surface area contributed by atoms with Crippen LogP contribution in [-0.2, 0) is 5.41 Å². The van der Waals surface area contributed by atoms with Gasteiger partial charge in [0.2, 0.25) is 0 Å². The van der Waals surface area contributed by atoms with Gasteiger partial charge in [-0.1, -0.05) is 12.1 Å². The van der Waals surface area contributed by atoms with Crippen molar-refractivity contribution in [3.05, 3.63) is 52.2 Å². The number of para-hydroxylation sites is 1. The fourth-order valence-corrected chi connectivity index (χ4v) is 4.24. The minimum atomic E-state index is -0.221. The maximum atomic E-state index is 12.6. The van der Waals surface area contributed by atoms with Crippen molar-refractivity contribution in [1.29, 1.82) is 0 Å². The molecule has 0 atom stereocenters. The third-order valence-electron chi connectivity index (χ3n) is 4.98. The summed E-state index contributed by atoms with van der Waals surface area (Å²) in [5.41, 5.74) is 1.73. The zero-order valence-electron chi connectivity index (χ0n) is 13.8. The lowest BCUT2D eigenvalue weighted by molar-refractivity contribution is 0.0851. The van der Waals surface area contributed by atoms with Crippen LogP contribution in [0, 0.1) is 0 Å². The number of amides is 1. The fourth-order valence-electron chi connectivity index (χ4n) is 3.47. The number of aliphatic hydroxyl groups excluding tert-OH is 1. The second-order valence-corrected chi connectivity index (χ2v) is 7.19.